The summed E-state index contributed by atoms with van der Waals surface area (Å²) in [4.78, 5) is 0. The van der Waals surface area contributed by atoms with Gasteiger partial charge in [-0.1, -0.05) is 50.2 Å². The average Bonchev–Trinajstić information content (AvgIpc) is 2.64. The summed E-state index contributed by atoms with van der Waals surface area (Å²) in [6.07, 6.45) is 2.37. The number of hydrogen-bond acceptors (Lipinski definition) is 3. The van der Waals surface area contributed by atoms with Crippen LogP contribution in [0.4, 0.5) is 5.82 Å². The second-order valence-corrected chi connectivity index (χ2v) is 5.35. The third-order valence-corrected chi connectivity index (χ3v) is 2.89. The first kappa shape index (κ1) is 11.7. The van der Waals surface area contributed by atoms with E-state index in [0.29, 0.717) is 5.82 Å². The van der Waals surface area contributed by atoms with E-state index in [9.17, 15) is 0 Å². The highest BCUT2D eigenvalue weighted by atomic mass is 16.5. The van der Waals surface area contributed by atoms with Crippen LogP contribution in [0.15, 0.2) is 35.1 Å². The van der Waals surface area contributed by atoms with Crippen LogP contribution in [-0.4, -0.2) is 5.16 Å². The Balaban J connectivity index is 2.17. The summed E-state index contributed by atoms with van der Waals surface area (Å²) in [6, 6.07) is 8.60. The number of nitrogens with two attached hydrogens (primary N) is 1. The van der Waals surface area contributed by atoms with Gasteiger partial charge in [-0.2, -0.15) is 0 Å². The second-order valence-electron chi connectivity index (χ2n) is 5.35. The molecule has 1 aromatic heterocycles. The minimum atomic E-state index is 0.189. The van der Waals surface area contributed by atoms with E-state index in [1.807, 2.05) is 0 Å². The van der Waals surface area contributed by atoms with Gasteiger partial charge in [0.1, 0.15) is 6.26 Å². The Bertz CT molecular complexity index is 492. The van der Waals surface area contributed by atoms with Crippen LogP contribution < -0.4 is 5.73 Å². The summed E-state index contributed by atoms with van der Waals surface area (Å²) < 4.78 is 4.82. The smallest absolute Gasteiger partial charge is 0.170 e. The minimum absolute atomic E-state index is 0.189. The molecule has 2 rings (SSSR count). The highest BCUT2D eigenvalue weighted by molar-refractivity contribution is 5.40. The van der Waals surface area contributed by atoms with Crippen molar-refractivity contribution in [3.05, 3.63) is 47.2 Å². The number of benzene rings is 1. The number of rotatable bonds is 2. The van der Waals surface area contributed by atoms with Gasteiger partial charge in [0.05, 0.1) is 0 Å². The molecule has 0 saturated heterocycles. The van der Waals surface area contributed by atoms with Gasteiger partial charge in [0.25, 0.3) is 0 Å². The van der Waals surface area contributed by atoms with Gasteiger partial charge in [-0.05, 0) is 16.5 Å². The van der Waals surface area contributed by atoms with E-state index in [1.54, 1.807) is 6.26 Å². The SMILES string of the molecule is CC(C)(C)c1ccc(Cc2conc2N)cc1. The number of hydrogen-bond donors (Lipinski definition) is 1. The zero-order valence-corrected chi connectivity index (χ0v) is 10.5. The van der Waals surface area contributed by atoms with Crippen LogP contribution in [0.3, 0.4) is 0 Å². The van der Waals surface area contributed by atoms with Crippen molar-refractivity contribution in [1.82, 2.24) is 5.16 Å². The van der Waals surface area contributed by atoms with Crippen LogP contribution in [0.5, 0.6) is 0 Å². The number of anilines is 1. The Labute approximate surface area is 102 Å². The lowest BCUT2D eigenvalue weighted by Gasteiger charge is -2.19. The molecule has 0 atom stereocenters. The lowest BCUT2D eigenvalue weighted by molar-refractivity contribution is 0.422. The summed E-state index contributed by atoms with van der Waals surface area (Å²) in [5, 5.41) is 3.67. The molecule has 0 aliphatic rings. The summed E-state index contributed by atoms with van der Waals surface area (Å²) in [7, 11) is 0. The van der Waals surface area contributed by atoms with Gasteiger partial charge in [-0.15, -0.1) is 0 Å². The number of nitrogens with zero attached hydrogens (tertiary/aromatic N) is 1. The molecule has 3 nitrogen and oxygen atoms in total. The lowest BCUT2D eigenvalue weighted by atomic mass is 9.86. The number of nitrogen functional groups attached to an aromatic ring is 1. The van der Waals surface area contributed by atoms with E-state index < -0.39 is 0 Å². The summed E-state index contributed by atoms with van der Waals surface area (Å²) in [5.74, 6) is 0.477. The molecule has 0 radical (unpaired) electrons. The van der Waals surface area contributed by atoms with Crippen LogP contribution in [0, 0.1) is 0 Å². The molecular weight excluding hydrogens is 212 g/mol. The first-order valence-corrected chi connectivity index (χ1v) is 5.75. The maximum absolute atomic E-state index is 5.68. The van der Waals surface area contributed by atoms with Crippen LogP contribution in [-0.2, 0) is 11.8 Å². The molecule has 90 valence electrons. The quantitative estimate of drug-likeness (QED) is 0.862. The van der Waals surface area contributed by atoms with Crippen molar-refractivity contribution in [2.45, 2.75) is 32.6 Å². The van der Waals surface area contributed by atoms with Crippen molar-refractivity contribution in [1.29, 1.82) is 0 Å². The van der Waals surface area contributed by atoms with Gasteiger partial charge < -0.3 is 10.3 Å². The van der Waals surface area contributed by atoms with Gasteiger partial charge in [0.2, 0.25) is 0 Å². The summed E-state index contributed by atoms with van der Waals surface area (Å²) >= 11 is 0. The second kappa shape index (κ2) is 4.24. The molecule has 0 bridgehead atoms. The molecule has 3 heteroatoms. The van der Waals surface area contributed by atoms with Crippen molar-refractivity contribution in [2.24, 2.45) is 0 Å². The monoisotopic (exact) mass is 230 g/mol. The molecule has 0 spiro atoms. The molecule has 0 unspecified atom stereocenters. The zero-order valence-electron chi connectivity index (χ0n) is 10.5. The third-order valence-electron chi connectivity index (χ3n) is 2.89. The molecule has 0 saturated carbocycles. The highest BCUT2D eigenvalue weighted by Gasteiger charge is 2.13. The predicted octanol–water partition coefficient (Wildman–Crippen LogP) is 3.15. The van der Waals surface area contributed by atoms with Crippen LogP contribution in [0.2, 0.25) is 0 Å². The average molecular weight is 230 g/mol. The third kappa shape index (κ3) is 2.67. The Morgan fingerprint density at radius 3 is 2.29 bits per heavy atom. The first-order chi connectivity index (χ1) is 7.97. The van der Waals surface area contributed by atoms with E-state index in [2.05, 4.69) is 50.2 Å². The van der Waals surface area contributed by atoms with Gasteiger partial charge in [0.15, 0.2) is 5.82 Å². The van der Waals surface area contributed by atoms with Crippen molar-refractivity contribution >= 4 is 5.82 Å². The molecule has 1 heterocycles. The summed E-state index contributed by atoms with van der Waals surface area (Å²) in [5.41, 5.74) is 9.36. The molecule has 0 aliphatic carbocycles. The maximum atomic E-state index is 5.68. The van der Waals surface area contributed by atoms with Crippen molar-refractivity contribution in [2.75, 3.05) is 5.73 Å². The normalized spacial score (nSPS) is 11.7. The van der Waals surface area contributed by atoms with Gasteiger partial charge in [-0.3, -0.25) is 0 Å². The molecule has 2 aromatic rings. The number of aromatic nitrogens is 1. The molecule has 0 fully saturated rings. The van der Waals surface area contributed by atoms with Crippen molar-refractivity contribution in [3.63, 3.8) is 0 Å². The Kier molecular flexibility index (Phi) is 2.92. The molecule has 1 aromatic carbocycles. The molecule has 0 aliphatic heterocycles. The molecule has 0 amide bonds. The van der Waals surface area contributed by atoms with Gasteiger partial charge in [-0.25, -0.2) is 0 Å². The zero-order chi connectivity index (χ0) is 12.5. The fraction of sp³-hybridized carbons (Fsp3) is 0.357. The van der Waals surface area contributed by atoms with E-state index in [-0.39, 0.29) is 5.41 Å². The Morgan fingerprint density at radius 1 is 1.18 bits per heavy atom. The van der Waals surface area contributed by atoms with Gasteiger partial charge in [0, 0.05) is 12.0 Å². The Hall–Kier alpha value is -1.77. The fourth-order valence-electron chi connectivity index (χ4n) is 1.74. The van der Waals surface area contributed by atoms with E-state index in [0.717, 1.165) is 12.0 Å². The van der Waals surface area contributed by atoms with Crippen molar-refractivity contribution in [3.8, 4) is 0 Å². The molecule has 17 heavy (non-hydrogen) atoms. The predicted molar refractivity (Wildman–Crippen MR) is 68.9 cm³/mol. The highest BCUT2D eigenvalue weighted by Crippen LogP contribution is 2.23. The molecular formula is C14H18N2O. The van der Waals surface area contributed by atoms with E-state index in [1.165, 1.54) is 11.1 Å². The van der Waals surface area contributed by atoms with Gasteiger partial charge >= 0.3 is 0 Å². The Morgan fingerprint density at radius 2 is 1.82 bits per heavy atom. The van der Waals surface area contributed by atoms with Crippen LogP contribution >= 0.6 is 0 Å². The van der Waals surface area contributed by atoms with Crippen LogP contribution in [0.1, 0.15) is 37.5 Å². The van der Waals surface area contributed by atoms with E-state index in [4.69, 9.17) is 10.3 Å². The first-order valence-electron chi connectivity index (χ1n) is 5.75. The minimum Gasteiger partial charge on any atom is -0.381 e. The largest absolute Gasteiger partial charge is 0.381 e. The molecule has 2 N–H and O–H groups in total. The van der Waals surface area contributed by atoms with E-state index >= 15 is 0 Å². The van der Waals surface area contributed by atoms with Crippen molar-refractivity contribution < 1.29 is 4.52 Å². The summed E-state index contributed by atoms with van der Waals surface area (Å²) in [6.45, 7) is 6.62. The standard InChI is InChI=1S/C14H18N2O/c1-14(2,3)12-6-4-10(5-7-12)8-11-9-17-16-13(11)15/h4-7,9H,8H2,1-3H3,(H2,15,16). The van der Waals surface area contributed by atoms with Crippen LogP contribution in [0.25, 0.3) is 0 Å². The lowest BCUT2D eigenvalue weighted by Crippen LogP contribution is -2.10. The fourth-order valence-corrected chi connectivity index (χ4v) is 1.74. The maximum Gasteiger partial charge on any atom is 0.170 e. The topological polar surface area (TPSA) is 52.0 Å².